The van der Waals surface area contributed by atoms with Gasteiger partial charge in [0.25, 0.3) is 0 Å². The van der Waals surface area contributed by atoms with Crippen molar-refractivity contribution in [3.63, 3.8) is 0 Å². The average molecular weight is 447 g/mol. The number of hydrogen-bond acceptors (Lipinski definition) is 4. The van der Waals surface area contributed by atoms with Crippen LogP contribution >= 0.6 is 0 Å². The van der Waals surface area contributed by atoms with Crippen LogP contribution in [0, 0.1) is 19.8 Å². The fourth-order valence-corrected chi connectivity index (χ4v) is 4.92. The van der Waals surface area contributed by atoms with Crippen LogP contribution in [0.3, 0.4) is 0 Å². The van der Waals surface area contributed by atoms with Crippen molar-refractivity contribution in [3.8, 4) is 5.75 Å². The number of ether oxygens (including phenoxy) is 1. The highest BCUT2D eigenvalue weighted by Gasteiger charge is 2.31. The standard InChI is InChI=1S/C24H34N2O4S/c1-16(2)12-23(20-8-10-22(30-6)11-9-20)25-24(27)19(5)26(31(7,28)29)21-14-17(3)13-18(4)15-21/h8-11,13-16,19,23H,12H2,1-7H3,(H,25,27)/t19-,23-/m0/s1. The first-order valence-corrected chi connectivity index (χ1v) is 12.3. The second kappa shape index (κ2) is 10.2. The van der Waals surface area contributed by atoms with E-state index in [0.717, 1.165) is 35.1 Å². The lowest BCUT2D eigenvalue weighted by Crippen LogP contribution is -2.48. The molecule has 1 amide bonds. The lowest BCUT2D eigenvalue weighted by atomic mass is 9.96. The van der Waals surface area contributed by atoms with Crippen molar-refractivity contribution in [1.29, 1.82) is 0 Å². The van der Waals surface area contributed by atoms with Gasteiger partial charge in [0.05, 0.1) is 25.1 Å². The minimum Gasteiger partial charge on any atom is -0.497 e. The molecule has 6 nitrogen and oxygen atoms in total. The summed E-state index contributed by atoms with van der Waals surface area (Å²) < 4.78 is 31.7. The number of anilines is 1. The van der Waals surface area contributed by atoms with Gasteiger partial charge in [-0.2, -0.15) is 0 Å². The second-order valence-corrected chi connectivity index (χ2v) is 10.4. The summed E-state index contributed by atoms with van der Waals surface area (Å²) in [5.41, 5.74) is 3.32. The lowest BCUT2D eigenvalue weighted by molar-refractivity contribution is -0.122. The van der Waals surface area contributed by atoms with Gasteiger partial charge in [-0.3, -0.25) is 9.10 Å². The number of rotatable bonds is 9. The number of nitrogens with zero attached hydrogens (tertiary/aromatic N) is 1. The van der Waals surface area contributed by atoms with Gasteiger partial charge in [0.1, 0.15) is 11.8 Å². The molecule has 0 unspecified atom stereocenters. The third kappa shape index (κ3) is 6.72. The van der Waals surface area contributed by atoms with Gasteiger partial charge in [0.2, 0.25) is 15.9 Å². The minimum atomic E-state index is -3.67. The number of amides is 1. The summed E-state index contributed by atoms with van der Waals surface area (Å²) in [6, 6.07) is 12.0. The summed E-state index contributed by atoms with van der Waals surface area (Å²) in [5, 5.41) is 3.07. The van der Waals surface area contributed by atoms with Gasteiger partial charge in [-0.05, 0) is 74.1 Å². The predicted molar refractivity (Wildman–Crippen MR) is 126 cm³/mol. The summed E-state index contributed by atoms with van der Waals surface area (Å²) in [6.07, 6.45) is 1.86. The molecule has 0 aromatic heterocycles. The molecule has 0 saturated heterocycles. The Bertz CT molecular complexity index is 980. The van der Waals surface area contributed by atoms with Crippen LogP contribution in [0.1, 0.15) is 49.9 Å². The molecule has 0 aliphatic heterocycles. The highest BCUT2D eigenvalue weighted by Crippen LogP contribution is 2.26. The van der Waals surface area contributed by atoms with E-state index in [0.29, 0.717) is 11.6 Å². The SMILES string of the molecule is COc1ccc([C@H](CC(C)C)NC(=O)[C@H](C)N(c2cc(C)cc(C)c2)S(C)(=O)=O)cc1. The molecular weight excluding hydrogens is 412 g/mol. The highest BCUT2D eigenvalue weighted by atomic mass is 32.2. The van der Waals surface area contributed by atoms with Gasteiger partial charge in [0.15, 0.2) is 0 Å². The van der Waals surface area contributed by atoms with Gasteiger partial charge >= 0.3 is 0 Å². The summed E-state index contributed by atoms with van der Waals surface area (Å²) in [7, 11) is -2.06. The zero-order valence-corrected chi connectivity index (χ0v) is 20.3. The van der Waals surface area contributed by atoms with E-state index in [4.69, 9.17) is 4.74 Å². The molecule has 2 atom stereocenters. The van der Waals surface area contributed by atoms with Crippen LogP contribution in [0.25, 0.3) is 0 Å². The number of carbonyl (C=O) groups excluding carboxylic acids is 1. The van der Waals surface area contributed by atoms with Crippen molar-refractivity contribution in [2.45, 2.75) is 53.1 Å². The monoisotopic (exact) mass is 446 g/mol. The second-order valence-electron chi connectivity index (χ2n) is 8.54. The first-order valence-electron chi connectivity index (χ1n) is 10.4. The van der Waals surface area contributed by atoms with Crippen molar-refractivity contribution in [1.82, 2.24) is 5.32 Å². The van der Waals surface area contributed by atoms with Crippen LogP contribution < -0.4 is 14.4 Å². The molecule has 0 aliphatic rings. The largest absolute Gasteiger partial charge is 0.497 e. The Kier molecular flexibility index (Phi) is 8.12. The summed E-state index contributed by atoms with van der Waals surface area (Å²) >= 11 is 0. The molecule has 1 N–H and O–H groups in total. The minimum absolute atomic E-state index is 0.235. The molecule has 7 heteroatoms. The zero-order valence-electron chi connectivity index (χ0n) is 19.5. The van der Waals surface area contributed by atoms with E-state index in [-0.39, 0.29) is 11.9 Å². The Morgan fingerprint density at radius 3 is 2.03 bits per heavy atom. The number of aryl methyl sites for hydroxylation is 2. The van der Waals surface area contributed by atoms with E-state index in [1.54, 1.807) is 26.2 Å². The Morgan fingerprint density at radius 1 is 1.03 bits per heavy atom. The highest BCUT2D eigenvalue weighted by molar-refractivity contribution is 7.92. The van der Waals surface area contributed by atoms with E-state index >= 15 is 0 Å². The van der Waals surface area contributed by atoms with Crippen LogP contribution in [0.4, 0.5) is 5.69 Å². The maximum atomic E-state index is 13.2. The third-order valence-electron chi connectivity index (χ3n) is 5.09. The summed E-state index contributed by atoms with van der Waals surface area (Å²) in [6.45, 7) is 9.61. The van der Waals surface area contributed by atoms with Gasteiger partial charge in [-0.25, -0.2) is 8.42 Å². The molecule has 2 aromatic rings. The Balaban J connectivity index is 2.35. The fraction of sp³-hybridized carbons (Fsp3) is 0.458. The number of benzene rings is 2. The quantitative estimate of drug-likeness (QED) is 0.621. The van der Waals surface area contributed by atoms with Crippen LogP contribution in [0.15, 0.2) is 42.5 Å². The molecule has 0 bridgehead atoms. The molecular formula is C24H34N2O4S. The fourth-order valence-electron chi connectivity index (χ4n) is 3.76. The van der Waals surface area contributed by atoms with Gasteiger partial charge in [0, 0.05) is 0 Å². The topological polar surface area (TPSA) is 75.7 Å². The van der Waals surface area contributed by atoms with Crippen LogP contribution in [-0.2, 0) is 14.8 Å². The predicted octanol–water partition coefficient (Wildman–Crippen LogP) is 4.37. The molecule has 0 saturated carbocycles. The van der Waals surface area contributed by atoms with E-state index < -0.39 is 16.1 Å². The molecule has 170 valence electrons. The number of hydrogen-bond donors (Lipinski definition) is 1. The molecule has 31 heavy (non-hydrogen) atoms. The maximum absolute atomic E-state index is 13.2. The molecule has 0 spiro atoms. The first kappa shape index (κ1) is 24.7. The average Bonchev–Trinajstić information content (AvgIpc) is 2.65. The normalized spacial score (nSPS) is 13.5. The molecule has 0 aliphatic carbocycles. The number of sulfonamides is 1. The number of nitrogens with one attached hydrogen (secondary N) is 1. The molecule has 0 radical (unpaired) electrons. The maximum Gasteiger partial charge on any atom is 0.244 e. The van der Waals surface area contributed by atoms with Crippen molar-refractivity contribution < 1.29 is 17.9 Å². The molecule has 2 rings (SSSR count). The van der Waals surface area contributed by atoms with E-state index in [1.807, 2.05) is 44.2 Å². The zero-order chi connectivity index (χ0) is 23.3. The van der Waals surface area contributed by atoms with Crippen molar-refractivity contribution in [2.24, 2.45) is 5.92 Å². The van der Waals surface area contributed by atoms with Gasteiger partial charge < -0.3 is 10.1 Å². The van der Waals surface area contributed by atoms with E-state index in [2.05, 4.69) is 19.2 Å². The Hall–Kier alpha value is -2.54. The molecule has 0 fully saturated rings. The van der Waals surface area contributed by atoms with Crippen LogP contribution in [0.5, 0.6) is 5.75 Å². The summed E-state index contributed by atoms with van der Waals surface area (Å²) in [4.78, 5) is 13.2. The van der Waals surface area contributed by atoms with E-state index in [1.165, 1.54) is 4.31 Å². The Labute approximate surface area is 186 Å². The molecule has 2 aromatic carbocycles. The lowest BCUT2D eigenvalue weighted by Gasteiger charge is -2.31. The molecule has 0 heterocycles. The van der Waals surface area contributed by atoms with Crippen LogP contribution in [-0.4, -0.2) is 33.7 Å². The Morgan fingerprint density at radius 2 is 1.58 bits per heavy atom. The summed E-state index contributed by atoms with van der Waals surface area (Å²) in [5.74, 6) is 0.740. The number of carbonyl (C=O) groups is 1. The van der Waals surface area contributed by atoms with Gasteiger partial charge in [-0.1, -0.05) is 32.0 Å². The van der Waals surface area contributed by atoms with Gasteiger partial charge in [-0.15, -0.1) is 0 Å². The third-order valence-corrected chi connectivity index (χ3v) is 6.33. The number of methoxy groups -OCH3 is 1. The van der Waals surface area contributed by atoms with Crippen molar-refractivity contribution >= 4 is 21.6 Å². The smallest absolute Gasteiger partial charge is 0.244 e. The van der Waals surface area contributed by atoms with Crippen molar-refractivity contribution in [2.75, 3.05) is 17.7 Å². The van der Waals surface area contributed by atoms with Crippen LogP contribution in [0.2, 0.25) is 0 Å². The van der Waals surface area contributed by atoms with Crippen molar-refractivity contribution in [3.05, 3.63) is 59.2 Å². The van der Waals surface area contributed by atoms with E-state index in [9.17, 15) is 13.2 Å². The first-order chi connectivity index (χ1) is 14.4.